The molecule has 1 spiro atoms. The van der Waals surface area contributed by atoms with Gasteiger partial charge in [-0.2, -0.15) is 0 Å². The molecule has 1 saturated carbocycles. The Labute approximate surface area is 109 Å². The van der Waals surface area contributed by atoms with Crippen molar-refractivity contribution in [3.8, 4) is 0 Å². The van der Waals surface area contributed by atoms with Crippen LogP contribution in [-0.2, 0) is 11.2 Å². The first kappa shape index (κ1) is 12.2. The first-order chi connectivity index (χ1) is 8.72. The van der Waals surface area contributed by atoms with Crippen LogP contribution in [0.3, 0.4) is 0 Å². The van der Waals surface area contributed by atoms with E-state index in [0.29, 0.717) is 5.92 Å². The third-order valence-corrected chi connectivity index (χ3v) is 4.66. The van der Waals surface area contributed by atoms with Gasteiger partial charge in [0.05, 0.1) is 11.6 Å². The van der Waals surface area contributed by atoms with Crippen LogP contribution in [-0.4, -0.2) is 12.2 Å². The molecule has 3 rings (SSSR count). The number of nitrogens with two attached hydrogens (primary N) is 1. The van der Waals surface area contributed by atoms with Gasteiger partial charge in [0.25, 0.3) is 0 Å². The van der Waals surface area contributed by atoms with Crippen molar-refractivity contribution in [2.24, 2.45) is 11.7 Å². The van der Waals surface area contributed by atoms with Gasteiger partial charge in [-0.25, -0.2) is 0 Å². The van der Waals surface area contributed by atoms with Crippen molar-refractivity contribution in [2.75, 3.05) is 6.61 Å². The van der Waals surface area contributed by atoms with E-state index in [4.69, 9.17) is 14.9 Å². The molecule has 3 heteroatoms. The Morgan fingerprint density at radius 3 is 2.89 bits per heavy atom. The van der Waals surface area contributed by atoms with Crippen molar-refractivity contribution < 1.29 is 9.15 Å². The largest absolute Gasteiger partial charge is 0.464 e. The molecule has 2 N–H and O–H groups in total. The van der Waals surface area contributed by atoms with E-state index >= 15 is 0 Å². The summed E-state index contributed by atoms with van der Waals surface area (Å²) in [7, 11) is 0. The van der Waals surface area contributed by atoms with Crippen molar-refractivity contribution in [2.45, 2.75) is 57.1 Å². The first-order valence-corrected chi connectivity index (χ1v) is 7.20. The van der Waals surface area contributed by atoms with Crippen LogP contribution in [0.4, 0.5) is 0 Å². The average Bonchev–Trinajstić information content (AvgIpc) is 2.85. The monoisotopic (exact) mass is 249 g/mol. The standard InChI is InChI=1S/C15H23NO2/c1-2-12-4-5-13(18-12)14(16)11-6-9-17-15(10-11)7-3-8-15/h4-5,11,14H,2-3,6-10,16H2,1H3. The highest BCUT2D eigenvalue weighted by Crippen LogP contribution is 2.46. The van der Waals surface area contributed by atoms with Crippen molar-refractivity contribution in [3.05, 3.63) is 23.7 Å². The summed E-state index contributed by atoms with van der Waals surface area (Å²) in [6.07, 6.45) is 6.84. The molecule has 1 aromatic rings. The summed E-state index contributed by atoms with van der Waals surface area (Å²) in [4.78, 5) is 0. The van der Waals surface area contributed by atoms with Crippen molar-refractivity contribution >= 4 is 0 Å². The molecule has 0 aromatic carbocycles. The second kappa shape index (κ2) is 4.71. The summed E-state index contributed by atoms with van der Waals surface area (Å²) in [5.74, 6) is 2.49. The fourth-order valence-corrected chi connectivity index (χ4v) is 3.29. The maximum absolute atomic E-state index is 6.39. The van der Waals surface area contributed by atoms with E-state index < -0.39 is 0 Å². The van der Waals surface area contributed by atoms with Crippen molar-refractivity contribution in [1.29, 1.82) is 0 Å². The summed E-state index contributed by atoms with van der Waals surface area (Å²) in [5, 5.41) is 0. The Morgan fingerprint density at radius 2 is 2.28 bits per heavy atom. The van der Waals surface area contributed by atoms with Gasteiger partial charge in [-0.3, -0.25) is 0 Å². The molecule has 1 aliphatic heterocycles. The lowest BCUT2D eigenvalue weighted by Crippen LogP contribution is -2.47. The normalized spacial score (nSPS) is 28.0. The number of rotatable bonds is 3. The van der Waals surface area contributed by atoms with Gasteiger partial charge in [0.1, 0.15) is 11.5 Å². The third kappa shape index (κ3) is 2.10. The van der Waals surface area contributed by atoms with E-state index in [-0.39, 0.29) is 11.6 Å². The topological polar surface area (TPSA) is 48.4 Å². The van der Waals surface area contributed by atoms with Crippen LogP contribution >= 0.6 is 0 Å². The molecular formula is C15H23NO2. The van der Waals surface area contributed by atoms with Gasteiger partial charge in [0.2, 0.25) is 0 Å². The lowest BCUT2D eigenvalue weighted by Gasteiger charge is -2.48. The van der Waals surface area contributed by atoms with Crippen LogP contribution < -0.4 is 5.73 Å². The highest BCUT2D eigenvalue weighted by molar-refractivity contribution is 5.12. The molecule has 100 valence electrons. The quantitative estimate of drug-likeness (QED) is 0.895. The van der Waals surface area contributed by atoms with Crippen molar-refractivity contribution in [1.82, 2.24) is 0 Å². The van der Waals surface area contributed by atoms with Gasteiger partial charge in [0, 0.05) is 13.0 Å². The minimum absolute atomic E-state index is 0.0340. The maximum atomic E-state index is 6.39. The molecule has 1 saturated heterocycles. The van der Waals surface area contributed by atoms with Gasteiger partial charge in [0.15, 0.2) is 0 Å². The van der Waals surface area contributed by atoms with E-state index in [0.717, 1.165) is 37.4 Å². The molecule has 2 aliphatic rings. The van der Waals surface area contributed by atoms with E-state index in [1.807, 2.05) is 12.1 Å². The number of hydrogen-bond acceptors (Lipinski definition) is 3. The molecule has 2 heterocycles. The molecule has 0 radical (unpaired) electrons. The molecule has 1 aromatic heterocycles. The Balaban J connectivity index is 1.69. The second-order valence-electron chi connectivity index (χ2n) is 5.82. The summed E-state index contributed by atoms with van der Waals surface area (Å²) >= 11 is 0. The Bertz CT molecular complexity index is 408. The number of aryl methyl sites for hydroxylation is 1. The molecule has 0 amide bonds. The highest BCUT2D eigenvalue weighted by atomic mass is 16.5. The van der Waals surface area contributed by atoms with E-state index in [1.165, 1.54) is 19.3 Å². The lowest BCUT2D eigenvalue weighted by molar-refractivity contribution is -0.146. The lowest BCUT2D eigenvalue weighted by atomic mass is 9.70. The van der Waals surface area contributed by atoms with E-state index in [1.54, 1.807) is 0 Å². The summed E-state index contributed by atoms with van der Waals surface area (Å²) in [6.45, 7) is 2.96. The molecule has 3 nitrogen and oxygen atoms in total. The predicted molar refractivity (Wildman–Crippen MR) is 70.3 cm³/mol. The number of ether oxygens (including phenoxy) is 1. The highest BCUT2D eigenvalue weighted by Gasteiger charge is 2.44. The van der Waals surface area contributed by atoms with Crippen molar-refractivity contribution in [3.63, 3.8) is 0 Å². The minimum Gasteiger partial charge on any atom is -0.464 e. The zero-order chi connectivity index (χ0) is 12.6. The smallest absolute Gasteiger partial charge is 0.121 e. The Morgan fingerprint density at radius 1 is 1.44 bits per heavy atom. The fourth-order valence-electron chi connectivity index (χ4n) is 3.29. The Hall–Kier alpha value is -0.800. The Kier molecular flexibility index (Phi) is 3.20. The molecule has 2 unspecified atom stereocenters. The van der Waals surface area contributed by atoms with Crippen LogP contribution in [0.1, 0.15) is 56.6 Å². The molecule has 2 atom stereocenters. The minimum atomic E-state index is 0.0340. The van der Waals surface area contributed by atoms with Gasteiger partial charge >= 0.3 is 0 Å². The molecule has 18 heavy (non-hydrogen) atoms. The number of furan rings is 1. The van der Waals surface area contributed by atoms with Crippen LogP contribution in [0.5, 0.6) is 0 Å². The molecule has 1 aliphatic carbocycles. The van der Waals surface area contributed by atoms with Gasteiger partial charge in [-0.1, -0.05) is 6.92 Å². The zero-order valence-corrected chi connectivity index (χ0v) is 11.2. The summed E-state index contributed by atoms with van der Waals surface area (Å²) < 4.78 is 11.8. The van der Waals surface area contributed by atoms with E-state index in [2.05, 4.69) is 6.92 Å². The summed E-state index contributed by atoms with van der Waals surface area (Å²) in [6, 6.07) is 4.13. The SMILES string of the molecule is CCc1ccc(C(N)C2CCOC3(CCC3)C2)o1. The molecular weight excluding hydrogens is 226 g/mol. The van der Waals surface area contributed by atoms with Gasteiger partial charge in [-0.05, 0) is 50.2 Å². The average molecular weight is 249 g/mol. The van der Waals surface area contributed by atoms with Crippen LogP contribution in [0.15, 0.2) is 16.5 Å². The molecule has 0 bridgehead atoms. The zero-order valence-electron chi connectivity index (χ0n) is 11.2. The summed E-state index contributed by atoms with van der Waals surface area (Å²) in [5.41, 5.74) is 6.56. The molecule has 2 fully saturated rings. The maximum Gasteiger partial charge on any atom is 0.121 e. The van der Waals surface area contributed by atoms with Gasteiger partial charge in [-0.15, -0.1) is 0 Å². The van der Waals surface area contributed by atoms with Crippen LogP contribution in [0.2, 0.25) is 0 Å². The number of hydrogen-bond donors (Lipinski definition) is 1. The van der Waals surface area contributed by atoms with E-state index in [9.17, 15) is 0 Å². The van der Waals surface area contributed by atoms with Crippen LogP contribution in [0, 0.1) is 5.92 Å². The van der Waals surface area contributed by atoms with Gasteiger partial charge < -0.3 is 14.9 Å². The third-order valence-electron chi connectivity index (χ3n) is 4.66. The fraction of sp³-hybridized carbons (Fsp3) is 0.733. The van der Waals surface area contributed by atoms with Crippen LogP contribution in [0.25, 0.3) is 0 Å². The second-order valence-corrected chi connectivity index (χ2v) is 5.82. The first-order valence-electron chi connectivity index (χ1n) is 7.20. The predicted octanol–water partition coefficient (Wildman–Crippen LogP) is 3.19.